The monoisotopic (exact) mass is 394 g/mol. The Bertz CT molecular complexity index is 870. The van der Waals surface area contributed by atoms with Crippen molar-refractivity contribution in [2.75, 3.05) is 23.8 Å². The molecule has 1 fully saturated rings. The third-order valence-corrected chi connectivity index (χ3v) is 4.49. The molecule has 0 radical (unpaired) electrons. The molecule has 0 aliphatic carbocycles. The number of nitrogens with one attached hydrogen (secondary N) is 3. The molecule has 7 heteroatoms. The summed E-state index contributed by atoms with van der Waals surface area (Å²) >= 11 is 0. The largest absolute Gasteiger partial charge is 0.376 e. The van der Waals surface area contributed by atoms with Crippen molar-refractivity contribution in [3.63, 3.8) is 0 Å². The lowest BCUT2D eigenvalue weighted by Crippen LogP contribution is -2.36. The van der Waals surface area contributed by atoms with Gasteiger partial charge in [-0.25, -0.2) is 4.99 Å². The van der Waals surface area contributed by atoms with Gasteiger partial charge in [0, 0.05) is 30.5 Å². The van der Waals surface area contributed by atoms with E-state index in [1.54, 1.807) is 24.3 Å². The zero-order valence-electron chi connectivity index (χ0n) is 16.7. The second-order valence-corrected chi connectivity index (χ2v) is 7.03. The Kier molecular flexibility index (Phi) is 6.97. The van der Waals surface area contributed by atoms with Crippen molar-refractivity contribution in [2.24, 2.45) is 4.99 Å². The molecule has 0 unspecified atom stereocenters. The maximum atomic E-state index is 12.7. The first-order valence-corrected chi connectivity index (χ1v) is 9.68. The number of guanidine groups is 1. The second-order valence-electron chi connectivity index (χ2n) is 7.03. The highest BCUT2D eigenvalue weighted by molar-refractivity contribution is 6.10. The summed E-state index contributed by atoms with van der Waals surface area (Å²) in [6, 6.07) is 14.5. The Hall–Kier alpha value is -3.19. The molecule has 0 aromatic heterocycles. The molecular weight excluding hydrogens is 368 g/mol. The van der Waals surface area contributed by atoms with Gasteiger partial charge in [-0.2, -0.15) is 0 Å². The number of ether oxygens (including phenoxy) is 1. The number of aliphatic imine (C=N–C) groups is 1. The molecule has 3 rings (SSSR count). The zero-order chi connectivity index (χ0) is 20.6. The Labute approximate surface area is 170 Å². The first kappa shape index (κ1) is 20.5. The molecular formula is C22H26N4O3. The molecule has 1 atom stereocenters. The topological polar surface area (TPSA) is 91.8 Å². The SMILES string of the molecule is CC(=O)Nc1ccc(C(=O)NC(=NC[C@@H]2CCCO2)Nc2ccc(C)cc2)cc1. The Morgan fingerprint density at radius 1 is 1.03 bits per heavy atom. The van der Waals surface area contributed by atoms with Crippen LogP contribution in [0, 0.1) is 6.92 Å². The Morgan fingerprint density at radius 3 is 2.31 bits per heavy atom. The lowest BCUT2D eigenvalue weighted by Gasteiger charge is -2.14. The maximum Gasteiger partial charge on any atom is 0.257 e. The molecule has 152 valence electrons. The van der Waals surface area contributed by atoms with E-state index in [4.69, 9.17) is 4.74 Å². The third-order valence-electron chi connectivity index (χ3n) is 4.49. The van der Waals surface area contributed by atoms with Crippen LogP contribution in [0.25, 0.3) is 0 Å². The summed E-state index contributed by atoms with van der Waals surface area (Å²) in [6.45, 7) is 4.70. The Morgan fingerprint density at radius 2 is 1.69 bits per heavy atom. The van der Waals surface area contributed by atoms with E-state index in [0.29, 0.717) is 23.8 Å². The van der Waals surface area contributed by atoms with Crippen molar-refractivity contribution in [1.29, 1.82) is 0 Å². The van der Waals surface area contributed by atoms with E-state index in [0.717, 1.165) is 30.7 Å². The van der Waals surface area contributed by atoms with E-state index in [1.807, 2.05) is 31.2 Å². The first-order valence-electron chi connectivity index (χ1n) is 9.68. The fourth-order valence-corrected chi connectivity index (χ4v) is 2.95. The summed E-state index contributed by atoms with van der Waals surface area (Å²) in [4.78, 5) is 28.3. The van der Waals surface area contributed by atoms with Crippen molar-refractivity contribution in [3.05, 3.63) is 59.7 Å². The molecule has 7 nitrogen and oxygen atoms in total. The number of hydrogen-bond acceptors (Lipinski definition) is 4. The highest BCUT2D eigenvalue weighted by atomic mass is 16.5. The van der Waals surface area contributed by atoms with E-state index in [2.05, 4.69) is 20.9 Å². The van der Waals surface area contributed by atoms with Crippen LogP contribution in [0.15, 0.2) is 53.5 Å². The highest BCUT2D eigenvalue weighted by Gasteiger charge is 2.16. The van der Waals surface area contributed by atoms with Crippen LogP contribution in [0.5, 0.6) is 0 Å². The summed E-state index contributed by atoms with van der Waals surface area (Å²) in [5.41, 5.74) is 3.09. The van der Waals surface area contributed by atoms with Gasteiger partial charge in [-0.15, -0.1) is 0 Å². The molecule has 2 aromatic rings. The van der Waals surface area contributed by atoms with Crippen LogP contribution < -0.4 is 16.0 Å². The molecule has 0 spiro atoms. The minimum Gasteiger partial charge on any atom is -0.376 e. The number of amides is 2. The molecule has 0 saturated carbocycles. The van der Waals surface area contributed by atoms with Crippen LogP contribution in [0.3, 0.4) is 0 Å². The summed E-state index contributed by atoms with van der Waals surface area (Å²) in [6.07, 6.45) is 2.09. The minimum atomic E-state index is -0.287. The molecule has 1 aliphatic rings. The minimum absolute atomic E-state index is 0.0821. The van der Waals surface area contributed by atoms with Gasteiger partial charge < -0.3 is 15.4 Å². The van der Waals surface area contributed by atoms with Gasteiger partial charge >= 0.3 is 0 Å². The quantitative estimate of drug-likeness (QED) is 0.536. The van der Waals surface area contributed by atoms with E-state index in [1.165, 1.54) is 6.92 Å². The molecule has 0 bridgehead atoms. The lowest BCUT2D eigenvalue weighted by atomic mass is 10.2. The van der Waals surface area contributed by atoms with Crippen LogP contribution in [0.1, 0.15) is 35.7 Å². The van der Waals surface area contributed by atoms with Crippen molar-refractivity contribution in [1.82, 2.24) is 5.32 Å². The van der Waals surface area contributed by atoms with Crippen LogP contribution in [-0.2, 0) is 9.53 Å². The van der Waals surface area contributed by atoms with Crippen LogP contribution >= 0.6 is 0 Å². The second kappa shape index (κ2) is 9.84. The number of benzene rings is 2. The standard InChI is InChI=1S/C22H26N4O3/c1-15-5-9-19(10-6-15)25-22(23-14-20-4-3-13-29-20)26-21(28)17-7-11-18(12-8-17)24-16(2)27/h5-12,20H,3-4,13-14H2,1-2H3,(H,24,27)(H2,23,25,26,28)/t20-/m0/s1. The summed E-state index contributed by atoms with van der Waals surface area (Å²) < 4.78 is 5.62. The van der Waals surface area contributed by atoms with Crippen molar-refractivity contribution in [3.8, 4) is 0 Å². The number of nitrogens with zero attached hydrogens (tertiary/aromatic N) is 1. The molecule has 1 heterocycles. The van der Waals surface area contributed by atoms with Crippen molar-refractivity contribution < 1.29 is 14.3 Å². The number of anilines is 2. The van der Waals surface area contributed by atoms with Gasteiger partial charge in [0.2, 0.25) is 11.9 Å². The molecule has 3 N–H and O–H groups in total. The number of aryl methyl sites for hydroxylation is 1. The number of carbonyl (C=O) groups excluding carboxylic acids is 2. The third kappa shape index (κ3) is 6.43. The summed E-state index contributed by atoms with van der Waals surface area (Å²) in [5.74, 6) is -0.0709. The average molecular weight is 394 g/mol. The Balaban J connectivity index is 1.70. The fraction of sp³-hybridized carbons (Fsp3) is 0.318. The molecule has 29 heavy (non-hydrogen) atoms. The van der Waals surface area contributed by atoms with Gasteiger partial charge in [-0.05, 0) is 56.2 Å². The maximum absolute atomic E-state index is 12.7. The van der Waals surface area contributed by atoms with Gasteiger partial charge in [0.05, 0.1) is 12.6 Å². The van der Waals surface area contributed by atoms with E-state index < -0.39 is 0 Å². The average Bonchev–Trinajstić information content (AvgIpc) is 3.21. The van der Waals surface area contributed by atoms with Gasteiger partial charge in [0.25, 0.3) is 5.91 Å². The van der Waals surface area contributed by atoms with E-state index >= 15 is 0 Å². The first-order chi connectivity index (χ1) is 14.0. The van der Waals surface area contributed by atoms with Crippen LogP contribution in [-0.4, -0.2) is 37.0 Å². The molecule has 2 aromatic carbocycles. The highest BCUT2D eigenvalue weighted by Crippen LogP contribution is 2.13. The predicted molar refractivity (Wildman–Crippen MR) is 114 cm³/mol. The van der Waals surface area contributed by atoms with Gasteiger partial charge in [-0.3, -0.25) is 14.9 Å². The van der Waals surface area contributed by atoms with E-state index in [9.17, 15) is 9.59 Å². The lowest BCUT2D eigenvalue weighted by molar-refractivity contribution is -0.114. The van der Waals surface area contributed by atoms with Crippen LogP contribution in [0.2, 0.25) is 0 Å². The zero-order valence-corrected chi connectivity index (χ0v) is 16.7. The van der Waals surface area contributed by atoms with Crippen molar-refractivity contribution >= 4 is 29.1 Å². The smallest absolute Gasteiger partial charge is 0.257 e. The molecule has 1 saturated heterocycles. The van der Waals surface area contributed by atoms with Gasteiger partial charge in [-0.1, -0.05) is 17.7 Å². The van der Waals surface area contributed by atoms with Crippen LogP contribution in [0.4, 0.5) is 11.4 Å². The summed E-state index contributed by atoms with van der Waals surface area (Å²) in [5, 5.41) is 8.69. The fourth-order valence-electron chi connectivity index (χ4n) is 2.95. The van der Waals surface area contributed by atoms with E-state index in [-0.39, 0.29) is 17.9 Å². The summed E-state index contributed by atoms with van der Waals surface area (Å²) in [7, 11) is 0. The number of hydrogen-bond donors (Lipinski definition) is 3. The van der Waals surface area contributed by atoms with Gasteiger partial charge in [0.15, 0.2) is 0 Å². The normalized spacial score (nSPS) is 16.3. The predicted octanol–water partition coefficient (Wildman–Crippen LogP) is 3.33. The number of rotatable bonds is 5. The van der Waals surface area contributed by atoms with Gasteiger partial charge in [0.1, 0.15) is 0 Å². The van der Waals surface area contributed by atoms with Crippen molar-refractivity contribution in [2.45, 2.75) is 32.8 Å². The molecule has 1 aliphatic heterocycles. The molecule has 2 amide bonds. The number of carbonyl (C=O) groups is 2.